The van der Waals surface area contributed by atoms with Gasteiger partial charge in [0.15, 0.2) is 0 Å². The molecule has 0 aliphatic heterocycles. The molecule has 9 heteroatoms. The summed E-state index contributed by atoms with van der Waals surface area (Å²) in [6.07, 6.45) is 1.10. The van der Waals surface area contributed by atoms with E-state index in [1.807, 2.05) is 0 Å². The summed E-state index contributed by atoms with van der Waals surface area (Å²) in [4.78, 5) is 25.0. The number of ether oxygens (including phenoxy) is 1. The monoisotopic (exact) mass is 427 g/mol. The largest absolute Gasteiger partial charge is 0.464 e. The Balaban J connectivity index is 2.12. The third-order valence-corrected chi connectivity index (χ3v) is 4.44. The normalized spacial score (nSPS) is 11.9. The maximum Gasteiger partial charge on any atom is 0.329 e. The van der Waals surface area contributed by atoms with Crippen molar-refractivity contribution in [1.29, 1.82) is 0 Å². The molecular weight excluding hydrogens is 405 g/mol. The van der Waals surface area contributed by atoms with E-state index in [2.05, 4.69) is 22.7 Å². The summed E-state index contributed by atoms with van der Waals surface area (Å²) in [5.74, 6) is -0.698. The van der Waals surface area contributed by atoms with E-state index in [0.29, 0.717) is 18.0 Å². The summed E-state index contributed by atoms with van der Waals surface area (Å²) in [5.41, 5.74) is 0.814. The maximum atomic E-state index is 12.6. The van der Waals surface area contributed by atoms with Crippen molar-refractivity contribution in [1.82, 2.24) is 15.8 Å². The molecular formula is C19H23Cl2N3O4. The van der Waals surface area contributed by atoms with E-state index in [-0.39, 0.29) is 28.6 Å². The van der Waals surface area contributed by atoms with Gasteiger partial charge in [-0.2, -0.15) is 0 Å². The Morgan fingerprint density at radius 3 is 2.61 bits per heavy atom. The molecule has 0 saturated carbocycles. The van der Waals surface area contributed by atoms with Crippen molar-refractivity contribution in [2.24, 2.45) is 0 Å². The lowest BCUT2D eigenvalue weighted by Gasteiger charge is -2.17. The third-order valence-electron chi connectivity index (χ3n) is 3.81. The highest BCUT2D eigenvalue weighted by molar-refractivity contribution is 6.39. The highest BCUT2D eigenvalue weighted by Crippen LogP contribution is 2.24. The number of rotatable bonds is 10. The lowest BCUT2D eigenvalue weighted by Crippen LogP contribution is -2.43. The van der Waals surface area contributed by atoms with E-state index in [4.69, 9.17) is 32.5 Å². The van der Waals surface area contributed by atoms with Crippen LogP contribution in [0.5, 0.6) is 0 Å². The second-order valence-electron chi connectivity index (χ2n) is 6.04. The van der Waals surface area contributed by atoms with Crippen LogP contribution in [0.4, 0.5) is 0 Å². The quantitative estimate of drug-likeness (QED) is 0.445. The minimum absolute atomic E-state index is 0.0907. The van der Waals surface area contributed by atoms with Gasteiger partial charge in [-0.05, 0) is 32.0 Å². The summed E-state index contributed by atoms with van der Waals surface area (Å²) in [6.45, 7) is 5.36. The zero-order valence-corrected chi connectivity index (χ0v) is 17.3. The number of halogens is 2. The number of nitrogens with zero attached hydrogens (tertiary/aromatic N) is 1. The Hall–Kier alpha value is -2.09. The molecule has 1 amide bonds. The molecule has 0 fully saturated rings. The number of nitrogens with one attached hydrogen (secondary N) is 2. The summed E-state index contributed by atoms with van der Waals surface area (Å²) < 4.78 is 10.4. The van der Waals surface area contributed by atoms with Gasteiger partial charge in [0.1, 0.15) is 11.8 Å². The number of amides is 1. The summed E-state index contributed by atoms with van der Waals surface area (Å²) in [6, 6.07) is 5.50. The predicted molar refractivity (Wildman–Crippen MR) is 107 cm³/mol. The summed E-state index contributed by atoms with van der Waals surface area (Å²) >= 11 is 12.2. The van der Waals surface area contributed by atoms with Crippen molar-refractivity contribution in [3.05, 3.63) is 51.3 Å². The Bertz CT molecular complexity index is 790. The minimum atomic E-state index is -0.968. The van der Waals surface area contributed by atoms with E-state index in [1.165, 1.54) is 0 Å². The van der Waals surface area contributed by atoms with E-state index in [0.717, 1.165) is 13.0 Å². The predicted octanol–water partition coefficient (Wildman–Crippen LogP) is 3.39. The van der Waals surface area contributed by atoms with Crippen LogP contribution in [0, 0.1) is 0 Å². The van der Waals surface area contributed by atoms with Crippen molar-refractivity contribution < 1.29 is 18.8 Å². The molecule has 0 radical (unpaired) electrons. The van der Waals surface area contributed by atoms with Crippen molar-refractivity contribution in [3.63, 3.8) is 0 Å². The molecule has 2 aromatic rings. The Morgan fingerprint density at radius 1 is 1.25 bits per heavy atom. The van der Waals surface area contributed by atoms with Gasteiger partial charge in [0.25, 0.3) is 5.91 Å². The van der Waals surface area contributed by atoms with E-state index in [1.54, 1.807) is 31.2 Å². The molecule has 7 nitrogen and oxygen atoms in total. The van der Waals surface area contributed by atoms with Gasteiger partial charge in [-0.25, -0.2) is 4.79 Å². The van der Waals surface area contributed by atoms with Crippen LogP contribution in [0.2, 0.25) is 10.0 Å². The first-order valence-electron chi connectivity index (χ1n) is 9.02. The SMILES string of the molecule is CCCNCc1cc(CC(NC(=O)c2c(Cl)cccc2Cl)C(=O)OCC)on1. The fourth-order valence-electron chi connectivity index (χ4n) is 2.51. The molecule has 0 aliphatic rings. The molecule has 2 N–H and O–H groups in total. The van der Waals surface area contributed by atoms with Gasteiger partial charge in [-0.3, -0.25) is 4.79 Å². The zero-order valence-electron chi connectivity index (χ0n) is 15.8. The minimum Gasteiger partial charge on any atom is -0.464 e. The number of esters is 1. The number of benzene rings is 1. The first kappa shape index (κ1) is 22.2. The first-order valence-corrected chi connectivity index (χ1v) is 9.78. The average molecular weight is 428 g/mol. The van der Waals surface area contributed by atoms with Crippen LogP contribution in [-0.2, 0) is 22.5 Å². The smallest absolute Gasteiger partial charge is 0.329 e. The topological polar surface area (TPSA) is 93.5 Å². The van der Waals surface area contributed by atoms with Gasteiger partial charge in [-0.15, -0.1) is 0 Å². The molecule has 1 heterocycles. The van der Waals surface area contributed by atoms with E-state index >= 15 is 0 Å². The molecule has 152 valence electrons. The van der Waals surface area contributed by atoms with Crippen LogP contribution in [0.25, 0.3) is 0 Å². The molecule has 1 aromatic heterocycles. The van der Waals surface area contributed by atoms with Crippen LogP contribution in [0.1, 0.15) is 42.1 Å². The van der Waals surface area contributed by atoms with Gasteiger partial charge in [0.2, 0.25) is 0 Å². The molecule has 0 aliphatic carbocycles. The van der Waals surface area contributed by atoms with Gasteiger partial charge in [0.05, 0.1) is 27.9 Å². The van der Waals surface area contributed by atoms with Gasteiger partial charge in [0, 0.05) is 19.0 Å². The molecule has 0 bridgehead atoms. The van der Waals surface area contributed by atoms with Crippen molar-refractivity contribution >= 4 is 35.1 Å². The lowest BCUT2D eigenvalue weighted by molar-refractivity contribution is -0.145. The average Bonchev–Trinajstić information content (AvgIpc) is 3.09. The second-order valence-corrected chi connectivity index (χ2v) is 6.85. The van der Waals surface area contributed by atoms with Crippen LogP contribution in [-0.4, -0.2) is 36.2 Å². The summed E-state index contributed by atoms with van der Waals surface area (Å²) in [7, 11) is 0. The second kappa shape index (κ2) is 11.0. The molecule has 0 saturated heterocycles. The van der Waals surface area contributed by atoms with Crippen LogP contribution >= 0.6 is 23.2 Å². The zero-order chi connectivity index (χ0) is 20.5. The Morgan fingerprint density at radius 2 is 1.96 bits per heavy atom. The molecule has 0 spiro atoms. The molecule has 2 rings (SSSR count). The number of carbonyl (C=O) groups excluding carboxylic acids is 2. The fourth-order valence-corrected chi connectivity index (χ4v) is 3.08. The van der Waals surface area contributed by atoms with Crippen molar-refractivity contribution in [2.45, 2.75) is 39.3 Å². The maximum absolute atomic E-state index is 12.6. The molecule has 1 unspecified atom stereocenters. The lowest BCUT2D eigenvalue weighted by atomic mass is 10.1. The Labute approximate surface area is 173 Å². The van der Waals surface area contributed by atoms with E-state index in [9.17, 15) is 9.59 Å². The summed E-state index contributed by atoms with van der Waals surface area (Å²) in [5, 5.41) is 10.2. The van der Waals surface area contributed by atoms with Crippen LogP contribution < -0.4 is 10.6 Å². The number of hydrogen-bond acceptors (Lipinski definition) is 6. The van der Waals surface area contributed by atoms with Crippen molar-refractivity contribution in [3.8, 4) is 0 Å². The fraction of sp³-hybridized carbons (Fsp3) is 0.421. The highest BCUT2D eigenvalue weighted by atomic mass is 35.5. The van der Waals surface area contributed by atoms with Crippen LogP contribution in [0.3, 0.4) is 0 Å². The Kier molecular flexibility index (Phi) is 8.76. The number of hydrogen-bond donors (Lipinski definition) is 2. The van der Waals surface area contributed by atoms with Crippen LogP contribution in [0.15, 0.2) is 28.8 Å². The molecule has 1 atom stereocenters. The van der Waals surface area contributed by atoms with E-state index < -0.39 is 17.9 Å². The molecule has 28 heavy (non-hydrogen) atoms. The van der Waals surface area contributed by atoms with Gasteiger partial charge in [-0.1, -0.05) is 41.3 Å². The van der Waals surface area contributed by atoms with Gasteiger partial charge >= 0.3 is 5.97 Å². The van der Waals surface area contributed by atoms with Gasteiger partial charge < -0.3 is 19.9 Å². The highest BCUT2D eigenvalue weighted by Gasteiger charge is 2.26. The first-order chi connectivity index (χ1) is 13.5. The standard InChI is InChI=1S/C19H23Cl2N3O4/c1-3-8-22-11-12-9-13(28-24-12)10-16(19(26)27-4-2)23-18(25)17-14(20)6-5-7-15(17)21/h5-7,9,16,22H,3-4,8,10-11H2,1-2H3,(H,23,25). The number of aromatic nitrogens is 1. The number of carbonyl (C=O) groups is 2. The molecule has 1 aromatic carbocycles. The third kappa shape index (κ3) is 6.22. The van der Waals surface area contributed by atoms with Crippen molar-refractivity contribution in [2.75, 3.05) is 13.2 Å².